The zero-order valence-corrected chi connectivity index (χ0v) is 11.7. The maximum absolute atomic E-state index is 14.1. The number of urea groups is 1. The molecule has 1 aliphatic heterocycles. The highest BCUT2D eigenvalue weighted by atomic mass is 19.1. The summed E-state index contributed by atoms with van der Waals surface area (Å²) in [5, 5.41) is 10.6. The van der Waals surface area contributed by atoms with E-state index in [1.165, 1.54) is 0 Å². The lowest BCUT2D eigenvalue weighted by atomic mass is 10.1. The Labute approximate surface area is 125 Å². The van der Waals surface area contributed by atoms with Crippen molar-refractivity contribution in [3.8, 4) is 11.8 Å². The highest BCUT2D eigenvalue weighted by Crippen LogP contribution is 2.26. The first-order valence-corrected chi connectivity index (χ1v) is 6.73. The molecule has 0 bridgehead atoms. The average molecular weight is 308 g/mol. The zero-order valence-electron chi connectivity index (χ0n) is 11.7. The first-order chi connectivity index (χ1) is 10.5. The van der Waals surface area contributed by atoms with Crippen LogP contribution < -0.4 is 10.2 Å². The second kappa shape index (κ2) is 7.00. The Kier molecular flexibility index (Phi) is 5.07. The van der Waals surface area contributed by atoms with Gasteiger partial charge in [0.25, 0.3) is 0 Å². The Hall–Kier alpha value is -2.46. The van der Waals surface area contributed by atoms with E-state index in [4.69, 9.17) is 5.11 Å². The fourth-order valence-electron chi connectivity index (χ4n) is 2.01. The van der Waals surface area contributed by atoms with Crippen LogP contribution in [0.15, 0.2) is 12.1 Å². The molecular formula is C15H14F2N2O3. The van der Waals surface area contributed by atoms with Crippen molar-refractivity contribution >= 4 is 17.6 Å². The number of unbranched alkanes of at least 4 members (excludes halogenated alkanes) is 1. The summed E-state index contributed by atoms with van der Waals surface area (Å²) >= 11 is 0. The molecule has 0 saturated carbocycles. The van der Waals surface area contributed by atoms with Crippen molar-refractivity contribution in [2.75, 3.05) is 18.1 Å². The van der Waals surface area contributed by atoms with E-state index in [0.29, 0.717) is 12.8 Å². The standard InChI is InChI=1S/C15H14F2N2O3/c16-11-8-10(4-2-1-3-7-20)9-12(17)14(11)19-6-5-13(21)18-15(19)22/h8-9,20H,1,3,5-7H2,(H,18,21,22). The van der Waals surface area contributed by atoms with Crippen molar-refractivity contribution in [2.45, 2.75) is 19.3 Å². The molecular weight excluding hydrogens is 294 g/mol. The summed E-state index contributed by atoms with van der Waals surface area (Å²) in [5.74, 6) is 2.97. The van der Waals surface area contributed by atoms with E-state index in [9.17, 15) is 18.4 Å². The van der Waals surface area contributed by atoms with Crippen LogP contribution in [0.1, 0.15) is 24.8 Å². The third-order valence-corrected chi connectivity index (χ3v) is 3.03. The molecule has 1 heterocycles. The molecule has 22 heavy (non-hydrogen) atoms. The van der Waals surface area contributed by atoms with E-state index in [0.717, 1.165) is 17.0 Å². The van der Waals surface area contributed by atoms with E-state index in [-0.39, 0.29) is 25.1 Å². The highest BCUT2D eigenvalue weighted by Gasteiger charge is 2.28. The van der Waals surface area contributed by atoms with Crippen LogP contribution in [0.4, 0.5) is 19.3 Å². The number of halogens is 2. The molecule has 0 atom stereocenters. The number of imide groups is 1. The van der Waals surface area contributed by atoms with E-state index in [1.807, 2.05) is 5.32 Å². The zero-order chi connectivity index (χ0) is 16.1. The van der Waals surface area contributed by atoms with Gasteiger partial charge in [-0.2, -0.15) is 0 Å². The Balaban J connectivity index is 2.25. The molecule has 0 spiro atoms. The van der Waals surface area contributed by atoms with E-state index < -0.39 is 29.3 Å². The molecule has 1 saturated heterocycles. The topological polar surface area (TPSA) is 69.6 Å². The van der Waals surface area contributed by atoms with Crippen LogP contribution in [0, 0.1) is 23.5 Å². The van der Waals surface area contributed by atoms with Gasteiger partial charge in [-0.1, -0.05) is 11.8 Å². The number of aliphatic hydroxyl groups excluding tert-OH is 1. The molecule has 0 radical (unpaired) electrons. The number of benzene rings is 1. The molecule has 1 aromatic rings. The summed E-state index contributed by atoms with van der Waals surface area (Å²) in [6, 6.07) is 1.22. The normalized spacial score (nSPS) is 14.4. The van der Waals surface area contributed by atoms with Crippen molar-refractivity contribution in [1.82, 2.24) is 5.32 Å². The molecule has 1 fully saturated rings. The Morgan fingerprint density at radius 3 is 2.55 bits per heavy atom. The number of hydrogen-bond acceptors (Lipinski definition) is 3. The second-order valence-corrected chi connectivity index (χ2v) is 4.67. The number of aliphatic hydroxyl groups is 1. The molecule has 0 unspecified atom stereocenters. The summed E-state index contributed by atoms with van der Waals surface area (Å²) in [6.07, 6.45) is 0.878. The van der Waals surface area contributed by atoms with Crippen LogP contribution in [-0.4, -0.2) is 30.2 Å². The van der Waals surface area contributed by atoms with Gasteiger partial charge < -0.3 is 5.11 Å². The van der Waals surface area contributed by atoms with Crippen molar-refractivity contribution < 1.29 is 23.5 Å². The summed E-state index contributed by atoms with van der Waals surface area (Å²) in [5.41, 5.74) is -0.351. The van der Waals surface area contributed by atoms with Gasteiger partial charge in [-0.15, -0.1) is 0 Å². The van der Waals surface area contributed by atoms with Gasteiger partial charge in [-0.3, -0.25) is 15.0 Å². The molecule has 0 aromatic heterocycles. The lowest BCUT2D eigenvalue weighted by Crippen LogP contribution is -2.50. The largest absolute Gasteiger partial charge is 0.396 e. The third kappa shape index (κ3) is 3.59. The fraction of sp³-hybridized carbons (Fsp3) is 0.333. The molecule has 1 aromatic carbocycles. The lowest BCUT2D eigenvalue weighted by Gasteiger charge is -2.27. The van der Waals surface area contributed by atoms with Gasteiger partial charge in [-0.05, 0) is 18.6 Å². The smallest absolute Gasteiger partial charge is 0.328 e. The maximum atomic E-state index is 14.1. The average Bonchev–Trinajstić information content (AvgIpc) is 2.45. The summed E-state index contributed by atoms with van der Waals surface area (Å²) in [6.45, 7) is -0.0842. The summed E-state index contributed by atoms with van der Waals surface area (Å²) < 4.78 is 28.2. The quantitative estimate of drug-likeness (QED) is 0.657. The Morgan fingerprint density at radius 1 is 1.27 bits per heavy atom. The van der Waals surface area contributed by atoms with Gasteiger partial charge in [0, 0.05) is 31.6 Å². The van der Waals surface area contributed by atoms with Gasteiger partial charge in [0.05, 0.1) is 0 Å². The number of carbonyl (C=O) groups excluding carboxylic acids is 2. The van der Waals surface area contributed by atoms with Crippen molar-refractivity contribution in [3.05, 3.63) is 29.3 Å². The third-order valence-electron chi connectivity index (χ3n) is 3.03. The minimum Gasteiger partial charge on any atom is -0.396 e. The molecule has 116 valence electrons. The number of anilines is 1. The van der Waals surface area contributed by atoms with E-state index in [2.05, 4.69) is 11.8 Å². The van der Waals surface area contributed by atoms with Crippen LogP contribution >= 0.6 is 0 Å². The van der Waals surface area contributed by atoms with E-state index in [1.54, 1.807) is 0 Å². The molecule has 2 rings (SSSR count). The summed E-state index contributed by atoms with van der Waals surface area (Å²) in [4.78, 5) is 23.6. The number of carbonyl (C=O) groups is 2. The molecule has 5 nitrogen and oxygen atoms in total. The van der Waals surface area contributed by atoms with Crippen molar-refractivity contribution in [1.29, 1.82) is 0 Å². The van der Waals surface area contributed by atoms with Crippen LogP contribution in [0.3, 0.4) is 0 Å². The lowest BCUT2D eigenvalue weighted by molar-refractivity contribution is -0.120. The number of nitrogens with zero attached hydrogens (tertiary/aromatic N) is 1. The van der Waals surface area contributed by atoms with Gasteiger partial charge >= 0.3 is 6.03 Å². The number of nitrogens with one attached hydrogen (secondary N) is 1. The van der Waals surface area contributed by atoms with Crippen LogP contribution in [-0.2, 0) is 4.79 Å². The predicted molar refractivity (Wildman–Crippen MR) is 75.1 cm³/mol. The summed E-state index contributed by atoms with van der Waals surface area (Å²) in [7, 11) is 0. The van der Waals surface area contributed by atoms with Gasteiger partial charge in [0.1, 0.15) is 5.69 Å². The van der Waals surface area contributed by atoms with Crippen molar-refractivity contribution in [2.24, 2.45) is 0 Å². The first-order valence-electron chi connectivity index (χ1n) is 6.73. The Morgan fingerprint density at radius 2 is 1.95 bits per heavy atom. The predicted octanol–water partition coefficient (Wildman–Crippen LogP) is 1.54. The van der Waals surface area contributed by atoms with Gasteiger partial charge in [0.15, 0.2) is 11.6 Å². The molecule has 1 aliphatic rings. The fourth-order valence-corrected chi connectivity index (χ4v) is 2.01. The minimum atomic E-state index is -0.920. The van der Waals surface area contributed by atoms with Crippen LogP contribution in [0.5, 0.6) is 0 Å². The molecule has 0 aliphatic carbocycles. The van der Waals surface area contributed by atoms with E-state index >= 15 is 0 Å². The minimum absolute atomic E-state index is 0.000861. The number of hydrogen-bond donors (Lipinski definition) is 2. The monoisotopic (exact) mass is 308 g/mol. The second-order valence-electron chi connectivity index (χ2n) is 4.67. The van der Waals surface area contributed by atoms with Gasteiger partial charge in [-0.25, -0.2) is 13.6 Å². The van der Waals surface area contributed by atoms with Crippen LogP contribution in [0.2, 0.25) is 0 Å². The first kappa shape index (κ1) is 15.9. The number of rotatable bonds is 3. The van der Waals surface area contributed by atoms with Gasteiger partial charge in [0.2, 0.25) is 5.91 Å². The van der Waals surface area contributed by atoms with Crippen molar-refractivity contribution in [3.63, 3.8) is 0 Å². The number of amides is 3. The molecule has 7 heteroatoms. The maximum Gasteiger partial charge on any atom is 0.328 e. The molecule has 2 N–H and O–H groups in total. The SMILES string of the molecule is O=C1CCN(c2c(F)cc(C#CCCCO)cc2F)C(=O)N1. The Bertz CT molecular complexity index is 641. The molecule has 3 amide bonds. The van der Waals surface area contributed by atoms with Crippen LogP contribution in [0.25, 0.3) is 0 Å². The highest BCUT2D eigenvalue weighted by molar-refractivity contribution is 6.05.